The fourth-order valence-corrected chi connectivity index (χ4v) is 3.67. The van der Waals surface area contributed by atoms with E-state index in [1.807, 2.05) is 13.0 Å². The number of fused-ring (bicyclic) bond motifs is 1. The third-order valence-corrected chi connectivity index (χ3v) is 5.07. The van der Waals surface area contributed by atoms with Crippen molar-refractivity contribution in [1.29, 1.82) is 0 Å². The maximum Gasteiger partial charge on any atom is 0.332 e. The molecule has 0 aromatic carbocycles. The van der Waals surface area contributed by atoms with E-state index in [0.29, 0.717) is 33.4 Å². The highest BCUT2D eigenvalue weighted by molar-refractivity contribution is 9.10. The third kappa shape index (κ3) is 2.91. The molecule has 0 aliphatic rings. The Labute approximate surface area is 149 Å². The van der Waals surface area contributed by atoms with E-state index in [9.17, 15) is 9.59 Å². The summed E-state index contributed by atoms with van der Waals surface area (Å²) in [5.41, 5.74) is 0.921. The number of thioether (sulfide) groups is 1. The number of imidazole rings is 1. The first-order valence-electron chi connectivity index (χ1n) is 7.14. The number of hydrogen-bond acceptors (Lipinski definition) is 6. The van der Waals surface area contributed by atoms with Crippen molar-refractivity contribution in [3.05, 3.63) is 43.5 Å². The molecule has 3 heterocycles. The van der Waals surface area contributed by atoms with Gasteiger partial charge >= 0.3 is 5.69 Å². The largest absolute Gasteiger partial charge is 0.332 e. The van der Waals surface area contributed by atoms with Crippen LogP contribution in [-0.4, -0.2) is 34.4 Å². The quantitative estimate of drug-likeness (QED) is 0.363. The van der Waals surface area contributed by atoms with Crippen molar-refractivity contribution < 1.29 is 0 Å². The van der Waals surface area contributed by atoms with E-state index < -0.39 is 5.69 Å². The summed E-state index contributed by atoms with van der Waals surface area (Å²) in [5, 5.41) is 0.691. The highest BCUT2D eigenvalue weighted by Gasteiger charge is 2.17. The molecule has 0 N–H and O–H groups in total. The van der Waals surface area contributed by atoms with E-state index >= 15 is 0 Å². The first-order chi connectivity index (χ1) is 11.4. The molecular weight excluding hydrogens is 396 g/mol. The lowest BCUT2D eigenvalue weighted by Gasteiger charge is -2.07. The molecule has 0 aliphatic heterocycles. The van der Waals surface area contributed by atoms with Gasteiger partial charge < -0.3 is 4.57 Å². The Kier molecular flexibility index (Phi) is 4.59. The van der Waals surface area contributed by atoms with Crippen molar-refractivity contribution in [2.24, 2.45) is 14.1 Å². The molecule has 0 radical (unpaired) electrons. The predicted molar refractivity (Wildman–Crippen MR) is 95.4 cm³/mol. The van der Waals surface area contributed by atoms with E-state index in [0.717, 1.165) is 10.3 Å². The Morgan fingerprint density at radius 2 is 1.96 bits per heavy atom. The average molecular weight is 411 g/mol. The van der Waals surface area contributed by atoms with Gasteiger partial charge in [0.25, 0.3) is 5.56 Å². The van der Waals surface area contributed by atoms with Gasteiger partial charge in [-0.25, -0.2) is 19.7 Å². The number of nitrogens with zero attached hydrogens (tertiary/aromatic N) is 6. The summed E-state index contributed by atoms with van der Waals surface area (Å²) in [4.78, 5) is 37.3. The van der Waals surface area contributed by atoms with E-state index in [1.54, 1.807) is 17.8 Å². The van der Waals surface area contributed by atoms with Gasteiger partial charge in [-0.15, -0.1) is 0 Å². The van der Waals surface area contributed by atoms with Crippen molar-refractivity contribution >= 4 is 38.9 Å². The molecule has 0 unspecified atom stereocenters. The summed E-state index contributed by atoms with van der Waals surface area (Å²) in [7, 11) is 3.06. The molecule has 10 heteroatoms. The molecule has 3 aromatic rings. The zero-order chi connectivity index (χ0) is 17.4. The van der Waals surface area contributed by atoms with Crippen LogP contribution in [0.25, 0.3) is 11.2 Å². The molecule has 24 heavy (non-hydrogen) atoms. The summed E-state index contributed by atoms with van der Waals surface area (Å²) in [6, 6.07) is 1.84. The Morgan fingerprint density at radius 1 is 1.21 bits per heavy atom. The third-order valence-electron chi connectivity index (χ3n) is 3.62. The minimum absolute atomic E-state index is 0.358. The molecule has 0 fully saturated rings. The van der Waals surface area contributed by atoms with Gasteiger partial charge in [-0.3, -0.25) is 13.9 Å². The van der Waals surface area contributed by atoms with Crippen molar-refractivity contribution in [1.82, 2.24) is 28.7 Å². The second-order valence-electron chi connectivity index (χ2n) is 5.24. The molecule has 0 amide bonds. The summed E-state index contributed by atoms with van der Waals surface area (Å²) >= 11 is 4.87. The van der Waals surface area contributed by atoms with E-state index in [2.05, 4.69) is 30.9 Å². The lowest BCUT2D eigenvalue weighted by molar-refractivity contribution is 0.699. The van der Waals surface area contributed by atoms with Crippen LogP contribution in [-0.2, 0) is 20.6 Å². The molecule has 8 nitrogen and oxygen atoms in total. The van der Waals surface area contributed by atoms with Crippen LogP contribution in [0.5, 0.6) is 0 Å². The summed E-state index contributed by atoms with van der Waals surface area (Å²) in [5.74, 6) is 0.666. The average Bonchev–Trinajstić information content (AvgIpc) is 2.88. The SMILES string of the molecule is Cc1ccnc(SCCn2c(Br)nc3c2c(=O)n(C)c(=O)n3C)n1. The second-order valence-corrected chi connectivity index (χ2v) is 7.01. The van der Waals surface area contributed by atoms with E-state index in [1.165, 1.54) is 23.4 Å². The fourth-order valence-electron chi connectivity index (χ4n) is 2.35. The Bertz CT molecular complexity index is 1040. The molecule has 126 valence electrons. The molecule has 0 atom stereocenters. The van der Waals surface area contributed by atoms with Crippen molar-refractivity contribution in [3.63, 3.8) is 0 Å². The van der Waals surface area contributed by atoms with Gasteiger partial charge in [0.1, 0.15) is 0 Å². The molecule has 0 saturated heterocycles. The van der Waals surface area contributed by atoms with Gasteiger partial charge in [-0.05, 0) is 28.9 Å². The zero-order valence-electron chi connectivity index (χ0n) is 13.4. The minimum Gasteiger partial charge on any atom is -0.312 e. The molecule has 0 saturated carbocycles. The van der Waals surface area contributed by atoms with Crippen LogP contribution in [0.2, 0.25) is 0 Å². The van der Waals surface area contributed by atoms with Crippen LogP contribution >= 0.6 is 27.7 Å². The lowest BCUT2D eigenvalue weighted by Crippen LogP contribution is -2.37. The van der Waals surface area contributed by atoms with Gasteiger partial charge in [0.15, 0.2) is 21.1 Å². The fraction of sp³-hybridized carbons (Fsp3) is 0.357. The van der Waals surface area contributed by atoms with E-state index in [4.69, 9.17) is 0 Å². The lowest BCUT2D eigenvalue weighted by atomic mass is 10.5. The number of halogens is 1. The van der Waals surface area contributed by atoms with Crippen molar-refractivity contribution in [3.8, 4) is 0 Å². The summed E-state index contributed by atoms with van der Waals surface area (Å²) in [6.45, 7) is 2.45. The smallest absolute Gasteiger partial charge is 0.312 e. The van der Waals surface area contributed by atoms with Gasteiger partial charge in [-0.1, -0.05) is 11.8 Å². The Morgan fingerprint density at radius 3 is 2.67 bits per heavy atom. The Hall–Kier alpha value is -1.94. The monoisotopic (exact) mass is 410 g/mol. The van der Waals surface area contributed by atoms with Crippen LogP contribution in [0.1, 0.15) is 5.69 Å². The second kappa shape index (κ2) is 6.52. The standard InChI is InChI=1S/C14H15BrN6O2S/c1-8-4-5-16-13(17-8)24-7-6-21-9-10(18-12(21)15)19(2)14(23)20(3)11(9)22/h4-5H,6-7H2,1-3H3. The van der Waals surface area contributed by atoms with Gasteiger partial charge in [0.2, 0.25) is 0 Å². The molecule has 3 rings (SSSR count). The van der Waals surface area contributed by atoms with Gasteiger partial charge in [0.05, 0.1) is 0 Å². The predicted octanol–water partition coefficient (Wildman–Crippen LogP) is 1.09. The highest BCUT2D eigenvalue weighted by Crippen LogP contribution is 2.19. The van der Waals surface area contributed by atoms with Gasteiger partial charge in [0, 0.05) is 38.3 Å². The molecule has 0 aliphatic carbocycles. The van der Waals surface area contributed by atoms with Crippen molar-refractivity contribution in [2.75, 3.05) is 5.75 Å². The van der Waals surface area contributed by atoms with E-state index in [-0.39, 0.29) is 5.56 Å². The Balaban J connectivity index is 1.94. The molecule has 0 spiro atoms. The molecular formula is C14H15BrN6O2S. The summed E-state index contributed by atoms with van der Waals surface area (Å²) in [6.07, 6.45) is 1.72. The van der Waals surface area contributed by atoms with Crippen LogP contribution in [0.3, 0.4) is 0 Å². The van der Waals surface area contributed by atoms with Crippen LogP contribution in [0.4, 0.5) is 0 Å². The first-order valence-corrected chi connectivity index (χ1v) is 8.92. The number of rotatable bonds is 4. The number of hydrogen-bond donors (Lipinski definition) is 0. The number of aryl methyl sites for hydroxylation is 3. The number of aromatic nitrogens is 6. The first kappa shape index (κ1) is 16.9. The highest BCUT2D eigenvalue weighted by atomic mass is 79.9. The van der Waals surface area contributed by atoms with Crippen LogP contribution in [0.15, 0.2) is 31.7 Å². The van der Waals surface area contributed by atoms with Crippen LogP contribution < -0.4 is 11.2 Å². The normalized spacial score (nSPS) is 11.3. The maximum atomic E-state index is 12.4. The van der Waals surface area contributed by atoms with Gasteiger partial charge in [-0.2, -0.15) is 0 Å². The molecule has 3 aromatic heterocycles. The topological polar surface area (TPSA) is 87.6 Å². The van der Waals surface area contributed by atoms with Crippen LogP contribution in [0, 0.1) is 6.92 Å². The van der Waals surface area contributed by atoms with Crippen molar-refractivity contribution in [2.45, 2.75) is 18.6 Å². The minimum atomic E-state index is -0.396. The maximum absolute atomic E-state index is 12.4. The molecule has 0 bridgehead atoms. The summed E-state index contributed by atoms with van der Waals surface area (Å²) < 4.78 is 4.74. The zero-order valence-corrected chi connectivity index (χ0v) is 15.8.